The van der Waals surface area contributed by atoms with E-state index in [1.807, 2.05) is 4.90 Å². The molecule has 2 saturated heterocycles. The summed E-state index contributed by atoms with van der Waals surface area (Å²) in [5, 5.41) is 3.40. The van der Waals surface area contributed by atoms with Crippen molar-refractivity contribution in [1.82, 2.24) is 25.3 Å². The second-order valence-corrected chi connectivity index (χ2v) is 6.34. The smallest absolute Gasteiger partial charge is 0.354 e. The fourth-order valence-electron chi connectivity index (χ4n) is 3.63. The van der Waals surface area contributed by atoms with Gasteiger partial charge in [0.1, 0.15) is 5.52 Å². The van der Waals surface area contributed by atoms with Crippen LogP contribution in [0.1, 0.15) is 18.7 Å². The van der Waals surface area contributed by atoms with Crippen LogP contribution in [0.4, 0.5) is 19.0 Å². The molecule has 2 N–H and O–H groups in total. The third-order valence-corrected chi connectivity index (χ3v) is 4.61. The molecule has 6 nitrogen and oxygen atoms in total. The largest absolute Gasteiger partial charge is 0.451 e. The Morgan fingerprint density at radius 3 is 2.83 bits per heavy atom. The van der Waals surface area contributed by atoms with Gasteiger partial charge >= 0.3 is 6.18 Å². The first-order chi connectivity index (χ1) is 11.0. The number of piperidine rings is 1. The zero-order valence-electron chi connectivity index (χ0n) is 12.4. The van der Waals surface area contributed by atoms with Crippen LogP contribution in [0.5, 0.6) is 0 Å². The molecule has 2 aliphatic heterocycles. The van der Waals surface area contributed by atoms with Gasteiger partial charge < -0.3 is 15.2 Å². The number of nitrogens with zero attached hydrogens (tertiary/aromatic N) is 4. The highest BCUT2D eigenvalue weighted by Gasteiger charge is 2.38. The van der Waals surface area contributed by atoms with Crippen molar-refractivity contribution in [2.75, 3.05) is 31.1 Å². The summed E-state index contributed by atoms with van der Waals surface area (Å²) in [6.07, 6.45) is -1.06. The molecule has 9 heteroatoms. The van der Waals surface area contributed by atoms with Crippen LogP contribution in [-0.4, -0.2) is 46.1 Å². The minimum Gasteiger partial charge on any atom is -0.354 e. The molecule has 2 aromatic heterocycles. The highest BCUT2D eigenvalue weighted by Crippen LogP contribution is 2.34. The van der Waals surface area contributed by atoms with E-state index in [9.17, 15) is 13.2 Å². The van der Waals surface area contributed by atoms with Crippen LogP contribution in [-0.2, 0) is 6.18 Å². The standard InChI is InChI=1S/C14H17F3N6/c15-14(16,17)13-21-11-10(19-7-20-11)12(22-13)23-5-8-1-2-18-4-9(3-8)6-23/h7-9,18H,1-6H2,(H,19,20,21,22). The van der Waals surface area contributed by atoms with Gasteiger partial charge in [-0.3, -0.25) is 0 Å². The van der Waals surface area contributed by atoms with Crippen molar-refractivity contribution >= 4 is 17.0 Å². The van der Waals surface area contributed by atoms with Crippen molar-refractivity contribution in [3.63, 3.8) is 0 Å². The Morgan fingerprint density at radius 1 is 1.17 bits per heavy atom. The van der Waals surface area contributed by atoms with Crippen molar-refractivity contribution in [1.29, 1.82) is 0 Å². The van der Waals surface area contributed by atoms with Gasteiger partial charge in [-0.25, -0.2) is 15.0 Å². The molecular weight excluding hydrogens is 309 g/mol. The molecule has 4 heterocycles. The quantitative estimate of drug-likeness (QED) is 0.836. The highest BCUT2D eigenvalue weighted by atomic mass is 19.4. The Labute approximate surface area is 130 Å². The maximum atomic E-state index is 13.1. The highest BCUT2D eigenvalue weighted by molar-refractivity contribution is 5.83. The van der Waals surface area contributed by atoms with Crippen molar-refractivity contribution in [3.05, 3.63) is 12.2 Å². The van der Waals surface area contributed by atoms with Crippen LogP contribution in [0.15, 0.2) is 6.33 Å². The molecule has 2 unspecified atom stereocenters. The lowest BCUT2D eigenvalue weighted by molar-refractivity contribution is -0.144. The summed E-state index contributed by atoms with van der Waals surface area (Å²) in [5.74, 6) is 0.0970. The van der Waals surface area contributed by atoms with Crippen LogP contribution in [0.2, 0.25) is 0 Å². The lowest BCUT2D eigenvalue weighted by Gasteiger charge is -2.37. The third kappa shape index (κ3) is 2.73. The van der Waals surface area contributed by atoms with Crippen LogP contribution >= 0.6 is 0 Å². The molecule has 124 valence electrons. The van der Waals surface area contributed by atoms with E-state index in [1.165, 1.54) is 6.33 Å². The van der Waals surface area contributed by atoms with E-state index in [4.69, 9.17) is 0 Å². The van der Waals surface area contributed by atoms with Gasteiger partial charge in [0.15, 0.2) is 11.5 Å². The van der Waals surface area contributed by atoms with Crippen molar-refractivity contribution in [2.24, 2.45) is 11.8 Å². The number of H-pyrrole nitrogens is 1. The molecule has 0 saturated carbocycles. The van der Waals surface area contributed by atoms with E-state index >= 15 is 0 Å². The fourth-order valence-corrected chi connectivity index (χ4v) is 3.63. The Kier molecular flexibility index (Phi) is 3.40. The van der Waals surface area contributed by atoms with Gasteiger partial charge in [-0.2, -0.15) is 13.2 Å². The average molecular weight is 326 g/mol. The first-order valence-corrected chi connectivity index (χ1v) is 7.74. The number of aromatic nitrogens is 4. The predicted molar refractivity (Wildman–Crippen MR) is 78.0 cm³/mol. The average Bonchev–Trinajstić information content (AvgIpc) is 2.91. The molecule has 2 atom stereocenters. The summed E-state index contributed by atoms with van der Waals surface area (Å²) < 4.78 is 39.2. The molecule has 2 bridgehead atoms. The van der Waals surface area contributed by atoms with E-state index in [0.29, 0.717) is 29.7 Å². The minimum absolute atomic E-state index is 0.0639. The molecule has 0 radical (unpaired) electrons. The maximum Gasteiger partial charge on any atom is 0.451 e. The number of aromatic amines is 1. The number of imidazole rings is 1. The van der Waals surface area contributed by atoms with E-state index in [0.717, 1.165) is 32.5 Å². The van der Waals surface area contributed by atoms with E-state index in [-0.39, 0.29) is 5.65 Å². The van der Waals surface area contributed by atoms with Crippen LogP contribution < -0.4 is 10.2 Å². The number of nitrogens with one attached hydrogen (secondary N) is 2. The second kappa shape index (κ2) is 5.33. The maximum absolute atomic E-state index is 13.1. The van der Waals surface area contributed by atoms with Crippen molar-refractivity contribution in [3.8, 4) is 0 Å². The lowest BCUT2D eigenvalue weighted by atomic mass is 9.88. The predicted octanol–water partition coefficient (Wildman–Crippen LogP) is 1.81. The molecule has 23 heavy (non-hydrogen) atoms. The van der Waals surface area contributed by atoms with E-state index in [1.54, 1.807) is 0 Å². The first-order valence-electron chi connectivity index (χ1n) is 7.74. The van der Waals surface area contributed by atoms with Gasteiger partial charge in [0.05, 0.1) is 6.33 Å². The van der Waals surface area contributed by atoms with Gasteiger partial charge in [-0.15, -0.1) is 0 Å². The normalized spacial score (nSPS) is 25.6. The molecular formula is C14H17F3N6. The zero-order chi connectivity index (χ0) is 16.0. The molecule has 2 fully saturated rings. The van der Waals surface area contributed by atoms with Gasteiger partial charge in [-0.05, 0) is 37.8 Å². The summed E-state index contributed by atoms with van der Waals surface area (Å²) >= 11 is 0. The topological polar surface area (TPSA) is 69.7 Å². The summed E-state index contributed by atoms with van der Waals surface area (Å²) in [6, 6.07) is 0. The van der Waals surface area contributed by atoms with Gasteiger partial charge in [-0.1, -0.05) is 0 Å². The van der Waals surface area contributed by atoms with E-state index < -0.39 is 12.0 Å². The van der Waals surface area contributed by atoms with Crippen LogP contribution in [0.3, 0.4) is 0 Å². The Balaban J connectivity index is 1.76. The summed E-state index contributed by atoms with van der Waals surface area (Å²) in [7, 11) is 0. The summed E-state index contributed by atoms with van der Waals surface area (Å²) in [4.78, 5) is 16.1. The van der Waals surface area contributed by atoms with E-state index in [2.05, 4.69) is 25.3 Å². The number of fused-ring (bicyclic) bond motifs is 3. The minimum atomic E-state index is -4.58. The molecule has 4 rings (SSSR count). The number of anilines is 1. The molecule has 0 spiro atoms. The van der Waals surface area contributed by atoms with Crippen LogP contribution in [0, 0.1) is 11.8 Å². The third-order valence-electron chi connectivity index (χ3n) is 4.61. The number of halogens is 3. The number of hydrogen-bond donors (Lipinski definition) is 2. The van der Waals surface area contributed by atoms with Crippen molar-refractivity contribution in [2.45, 2.75) is 19.0 Å². The Morgan fingerprint density at radius 2 is 2.00 bits per heavy atom. The SMILES string of the molecule is FC(F)(F)c1nc(N2CC3CCNCC(C3)C2)c2[nH]cnc2n1. The number of rotatable bonds is 1. The van der Waals surface area contributed by atoms with Gasteiger partial charge in [0.25, 0.3) is 0 Å². The summed E-state index contributed by atoms with van der Waals surface area (Å²) in [5.41, 5.74) is 0.540. The Hall–Kier alpha value is -1.90. The van der Waals surface area contributed by atoms with Gasteiger partial charge in [0.2, 0.25) is 5.82 Å². The molecule has 0 amide bonds. The second-order valence-electron chi connectivity index (χ2n) is 6.34. The zero-order valence-corrected chi connectivity index (χ0v) is 12.4. The van der Waals surface area contributed by atoms with Crippen LogP contribution in [0.25, 0.3) is 11.2 Å². The summed E-state index contributed by atoms with van der Waals surface area (Å²) in [6.45, 7) is 3.29. The monoisotopic (exact) mass is 326 g/mol. The fraction of sp³-hybridized carbons (Fsp3) is 0.643. The first kappa shape index (κ1) is 14.7. The van der Waals surface area contributed by atoms with Crippen molar-refractivity contribution < 1.29 is 13.2 Å². The van der Waals surface area contributed by atoms with Gasteiger partial charge in [0, 0.05) is 13.1 Å². The molecule has 2 aliphatic rings. The lowest BCUT2D eigenvalue weighted by Crippen LogP contribution is -2.42. The molecule has 2 aromatic rings. The molecule has 0 aliphatic carbocycles. The Bertz CT molecular complexity index is 698. The molecule has 0 aromatic carbocycles. The number of hydrogen-bond acceptors (Lipinski definition) is 5. The number of alkyl halides is 3.